The summed E-state index contributed by atoms with van der Waals surface area (Å²) in [6.07, 6.45) is -5.12. The molecular formula is C11H13F3O5. The first-order valence-electron chi connectivity index (χ1n) is 5.64. The average Bonchev–Trinajstić information content (AvgIpc) is 2.58. The summed E-state index contributed by atoms with van der Waals surface area (Å²) in [6.45, 7) is 0.825. The van der Waals surface area contributed by atoms with E-state index in [1.54, 1.807) is 0 Å². The van der Waals surface area contributed by atoms with Crippen molar-refractivity contribution in [2.45, 2.75) is 39.0 Å². The number of ketones is 1. The summed E-state index contributed by atoms with van der Waals surface area (Å²) in [6, 6.07) is 0. The van der Waals surface area contributed by atoms with Crippen molar-refractivity contribution >= 4 is 17.7 Å². The summed E-state index contributed by atoms with van der Waals surface area (Å²) in [5.41, 5.74) is -1.84. The number of hydrogen-bond donors (Lipinski definition) is 0. The highest BCUT2D eigenvalue weighted by atomic mass is 19.4. The monoisotopic (exact) mass is 282 g/mol. The van der Waals surface area contributed by atoms with Crippen LogP contribution >= 0.6 is 0 Å². The molecule has 0 aromatic heterocycles. The van der Waals surface area contributed by atoms with Crippen molar-refractivity contribution < 1.29 is 37.0 Å². The summed E-state index contributed by atoms with van der Waals surface area (Å²) in [5.74, 6) is -2.85. The van der Waals surface area contributed by atoms with E-state index >= 15 is 0 Å². The Balaban J connectivity index is 2.79. The van der Waals surface area contributed by atoms with Crippen LogP contribution in [-0.4, -0.2) is 30.7 Å². The van der Waals surface area contributed by atoms with Crippen LogP contribution in [0.5, 0.6) is 0 Å². The van der Waals surface area contributed by atoms with Crippen LogP contribution in [0.25, 0.3) is 0 Å². The Kier molecular flexibility index (Phi) is 4.54. The van der Waals surface area contributed by atoms with Crippen molar-refractivity contribution in [2.24, 2.45) is 5.41 Å². The van der Waals surface area contributed by atoms with Crippen molar-refractivity contribution in [2.75, 3.05) is 6.61 Å². The maximum atomic E-state index is 12.1. The lowest BCUT2D eigenvalue weighted by molar-refractivity contribution is -0.310. The van der Waals surface area contributed by atoms with E-state index in [1.807, 2.05) is 0 Å². The molecule has 1 unspecified atom stereocenters. The van der Waals surface area contributed by atoms with E-state index in [4.69, 9.17) is 0 Å². The topological polar surface area (TPSA) is 69.7 Å². The third kappa shape index (κ3) is 3.93. The number of hydrogen-bond acceptors (Lipinski definition) is 5. The minimum Gasteiger partial charge on any atom is -0.466 e. The lowest BCUT2D eigenvalue weighted by Gasteiger charge is -2.25. The third-order valence-corrected chi connectivity index (χ3v) is 2.97. The van der Waals surface area contributed by atoms with Gasteiger partial charge in [-0.25, -0.2) is 0 Å². The standard InChI is InChI=1S/C11H13F3O5/c1-7(15)18-6-5-10(4-2-3-8(10)16)9(17)19-11(12,13)14/h2-6H2,1H3. The van der Waals surface area contributed by atoms with Gasteiger partial charge in [0.15, 0.2) is 0 Å². The third-order valence-electron chi connectivity index (χ3n) is 2.97. The first kappa shape index (κ1) is 15.5. The molecule has 0 spiro atoms. The van der Waals surface area contributed by atoms with Crippen molar-refractivity contribution in [1.29, 1.82) is 0 Å². The van der Waals surface area contributed by atoms with Crippen LogP contribution in [0.15, 0.2) is 0 Å². The number of carbonyl (C=O) groups excluding carboxylic acids is 3. The SMILES string of the molecule is CC(=O)OCCC1(C(=O)OC(F)(F)F)CCCC1=O. The molecule has 1 fully saturated rings. The number of rotatable bonds is 4. The van der Waals surface area contributed by atoms with Crippen LogP contribution in [0.3, 0.4) is 0 Å². The molecule has 0 N–H and O–H groups in total. The molecule has 0 aliphatic heterocycles. The zero-order chi connectivity index (χ0) is 14.7. The van der Waals surface area contributed by atoms with Gasteiger partial charge in [-0.15, -0.1) is 13.2 Å². The predicted molar refractivity (Wildman–Crippen MR) is 54.7 cm³/mol. The molecule has 108 valence electrons. The van der Waals surface area contributed by atoms with Gasteiger partial charge in [0.1, 0.15) is 11.2 Å². The molecule has 8 heteroatoms. The highest BCUT2D eigenvalue weighted by Crippen LogP contribution is 2.40. The van der Waals surface area contributed by atoms with Gasteiger partial charge in [0.25, 0.3) is 0 Å². The largest absolute Gasteiger partial charge is 0.575 e. The Morgan fingerprint density at radius 1 is 1.37 bits per heavy atom. The molecule has 0 amide bonds. The molecule has 0 heterocycles. The minimum absolute atomic E-state index is 0.0209. The Morgan fingerprint density at radius 2 is 2.00 bits per heavy atom. The maximum Gasteiger partial charge on any atom is 0.575 e. The van der Waals surface area contributed by atoms with Gasteiger partial charge in [0, 0.05) is 19.8 Å². The highest BCUT2D eigenvalue weighted by Gasteiger charge is 2.52. The number of alkyl halides is 3. The van der Waals surface area contributed by atoms with Crippen LogP contribution < -0.4 is 0 Å². The summed E-state index contributed by atoms with van der Waals surface area (Å²) in [5, 5.41) is 0. The first-order valence-corrected chi connectivity index (χ1v) is 5.64. The van der Waals surface area contributed by atoms with Crippen LogP contribution in [0.1, 0.15) is 32.6 Å². The molecule has 0 saturated heterocycles. The first-order chi connectivity index (χ1) is 8.67. The van der Waals surface area contributed by atoms with Gasteiger partial charge in [-0.05, 0) is 12.8 Å². The lowest BCUT2D eigenvalue weighted by Crippen LogP contribution is -2.40. The predicted octanol–water partition coefficient (Wildman–Crippen LogP) is 1.74. The Hall–Kier alpha value is -1.60. The van der Waals surface area contributed by atoms with E-state index in [-0.39, 0.29) is 25.9 Å². The Labute approximate surface area is 107 Å². The smallest absolute Gasteiger partial charge is 0.466 e. The van der Waals surface area contributed by atoms with Crippen molar-refractivity contribution in [3.05, 3.63) is 0 Å². The zero-order valence-corrected chi connectivity index (χ0v) is 10.2. The molecular weight excluding hydrogens is 269 g/mol. The lowest BCUT2D eigenvalue weighted by atomic mass is 9.82. The van der Waals surface area contributed by atoms with Crippen LogP contribution in [0.4, 0.5) is 13.2 Å². The fraction of sp³-hybridized carbons (Fsp3) is 0.727. The highest BCUT2D eigenvalue weighted by molar-refractivity contribution is 6.05. The number of carbonyl (C=O) groups is 3. The maximum absolute atomic E-state index is 12.1. The molecule has 1 rings (SSSR count). The summed E-state index contributed by atoms with van der Waals surface area (Å²) < 4.78 is 44.1. The number of Topliss-reactive ketones (excluding diaryl/α,β-unsaturated/α-hetero) is 1. The zero-order valence-electron chi connectivity index (χ0n) is 10.2. The molecule has 0 aromatic carbocycles. The summed E-state index contributed by atoms with van der Waals surface area (Å²) in [4.78, 5) is 33.9. The van der Waals surface area contributed by atoms with Crippen molar-refractivity contribution in [3.63, 3.8) is 0 Å². The van der Waals surface area contributed by atoms with Gasteiger partial charge >= 0.3 is 18.3 Å². The molecule has 1 saturated carbocycles. The average molecular weight is 282 g/mol. The normalized spacial score (nSPS) is 23.3. The molecule has 1 aliphatic carbocycles. The van der Waals surface area contributed by atoms with Crippen LogP contribution in [0.2, 0.25) is 0 Å². The van der Waals surface area contributed by atoms with Gasteiger partial charge in [-0.3, -0.25) is 14.4 Å². The molecule has 19 heavy (non-hydrogen) atoms. The second-order valence-corrected chi connectivity index (χ2v) is 4.28. The van der Waals surface area contributed by atoms with E-state index in [2.05, 4.69) is 9.47 Å². The van der Waals surface area contributed by atoms with Crippen LogP contribution in [-0.2, 0) is 23.9 Å². The minimum atomic E-state index is -5.13. The quantitative estimate of drug-likeness (QED) is 0.580. The number of halogens is 3. The van der Waals surface area contributed by atoms with E-state index in [1.165, 1.54) is 0 Å². The van der Waals surface area contributed by atoms with E-state index in [0.717, 1.165) is 6.92 Å². The molecule has 5 nitrogen and oxygen atoms in total. The van der Waals surface area contributed by atoms with Gasteiger partial charge in [-0.1, -0.05) is 0 Å². The van der Waals surface area contributed by atoms with Crippen molar-refractivity contribution in [1.82, 2.24) is 0 Å². The van der Waals surface area contributed by atoms with E-state index in [0.29, 0.717) is 6.42 Å². The molecule has 1 atom stereocenters. The summed E-state index contributed by atoms with van der Waals surface area (Å²) >= 11 is 0. The fourth-order valence-corrected chi connectivity index (χ4v) is 2.08. The van der Waals surface area contributed by atoms with Crippen LogP contribution in [0, 0.1) is 5.41 Å². The van der Waals surface area contributed by atoms with Gasteiger partial charge in [-0.2, -0.15) is 0 Å². The number of esters is 2. The molecule has 1 aliphatic rings. The van der Waals surface area contributed by atoms with Gasteiger partial charge in [0.2, 0.25) is 0 Å². The number of ether oxygens (including phenoxy) is 2. The Bertz CT molecular complexity index is 390. The second-order valence-electron chi connectivity index (χ2n) is 4.28. The summed E-state index contributed by atoms with van der Waals surface area (Å²) in [7, 11) is 0. The molecule has 0 aromatic rings. The van der Waals surface area contributed by atoms with Gasteiger partial charge in [0.05, 0.1) is 6.61 Å². The fourth-order valence-electron chi connectivity index (χ4n) is 2.08. The molecule has 0 bridgehead atoms. The Morgan fingerprint density at radius 3 is 2.42 bits per heavy atom. The van der Waals surface area contributed by atoms with E-state index in [9.17, 15) is 27.6 Å². The molecule has 0 radical (unpaired) electrons. The van der Waals surface area contributed by atoms with Crippen molar-refractivity contribution in [3.8, 4) is 0 Å². The van der Waals surface area contributed by atoms with Gasteiger partial charge < -0.3 is 9.47 Å². The van der Waals surface area contributed by atoms with E-state index < -0.39 is 29.5 Å². The second kappa shape index (κ2) is 5.58.